The van der Waals surface area contributed by atoms with Gasteiger partial charge in [-0.05, 0) is 82.7 Å². The van der Waals surface area contributed by atoms with Crippen LogP contribution in [0.1, 0.15) is 37.1 Å². The average Bonchev–Trinajstić information content (AvgIpc) is 2.69. The zero-order valence-electron chi connectivity index (χ0n) is 10.7. The van der Waals surface area contributed by atoms with Crippen molar-refractivity contribution >= 4 is 43.2 Å². The minimum atomic E-state index is 0.510. The first-order valence-electron chi connectivity index (χ1n) is 6.56. The van der Waals surface area contributed by atoms with Crippen LogP contribution in [0.25, 0.3) is 0 Å². The van der Waals surface area contributed by atoms with E-state index in [1.807, 2.05) is 11.3 Å². The molecule has 1 aliphatic heterocycles. The fourth-order valence-corrected chi connectivity index (χ4v) is 5.18. The molecule has 2 nitrogen and oxygen atoms in total. The molecule has 0 radical (unpaired) electrons. The normalized spacial score (nSPS) is 25.6. The molecule has 1 fully saturated rings. The van der Waals surface area contributed by atoms with Crippen molar-refractivity contribution in [2.75, 3.05) is 19.6 Å². The summed E-state index contributed by atoms with van der Waals surface area (Å²) < 4.78 is 2.36. The lowest BCUT2D eigenvalue weighted by molar-refractivity contribution is 0.0985. The number of likely N-dealkylation sites (tertiary alicyclic amines) is 1. The van der Waals surface area contributed by atoms with Crippen LogP contribution >= 0.6 is 43.2 Å². The first-order valence-corrected chi connectivity index (χ1v) is 8.96. The summed E-state index contributed by atoms with van der Waals surface area (Å²) in [5.41, 5.74) is 5.99. The molecule has 0 aliphatic carbocycles. The maximum absolute atomic E-state index is 5.99. The molecule has 1 aliphatic rings. The van der Waals surface area contributed by atoms with Crippen LogP contribution in [0.2, 0.25) is 0 Å². The smallest absolute Gasteiger partial charge is 0.0843 e. The zero-order valence-corrected chi connectivity index (χ0v) is 14.7. The van der Waals surface area contributed by atoms with Crippen LogP contribution < -0.4 is 5.73 Å². The minimum absolute atomic E-state index is 0.510. The monoisotopic (exact) mass is 394 g/mol. The van der Waals surface area contributed by atoms with E-state index in [-0.39, 0.29) is 0 Å². The number of nitrogens with two attached hydrogens (primary N) is 1. The van der Waals surface area contributed by atoms with Gasteiger partial charge in [-0.2, -0.15) is 0 Å². The molecular formula is C13H20Br2N2S. The van der Waals surface area contributed by atoms with Crippen molar-refractivity contribution in [3.8, 4) is 0 Å². The van der Waals surface area contributed by atoms with E-state index in [9.17, 15) is 0 Å². The van der Waals surface area contributed by atoms with Crippen molar-refractivity contribution in [2.45, 2.75) is 32.2 Å². The Morgan fingerprint density at radius 1 is 1.50 bits per heavy atom. The van der Waals surface area contributed by atoms with E-state index in [0.717, 1.165) is 6.54 Å². The van der Waals surface area contributed by atoms with Gasteiger partial charge in [0.15, 0.2) is 0 Å². The molecule has 5 heteroatoms. The molecular weight excluding hydrogens is 376 g/mol. The van der Waals surface area contributed by atoms with Gasteiger partial charge < -0.3 is 5.73 Å². The molecule has 1 aromatic rings. The summed E-state index contributed by atoms with van der Waals surface area (Å²) in [5, 5.41) is 0. The molecule has 2 heterocycles. The second kappa shape index (κ2) is 6.84. The predicted octanol–water partition coefficient (Wildman–Crippen LogP) is 4.39. The van der Waals surface area contributed by atoms with Crippen molar-refractivity contribution in [1.82, 2.24) is 4.90 Å². The Hall–Kier alpha value is 0.580. The third-order valence-electron chi connectivity index (χ3n) is 3.63. The summed E-state index contributed by atoms with van der Waals surface area (Å²) >= 11 is 9.04. The van der Waals surface area contributed by atoms with Gasteiger partial charge in [0.25, 0.3) is 0 Å². The number of thiophene rings is 1. The van der Waals surface area contributed by atoms with Crippen LogP contribution in [-0.2, 0) is 0 Å². The third-order valence-corrected chi connectivity index (χ3v) is 6.96. The molecule has 18 heavy (non-hydrogen) atoms. The molecule has 1 aromatic heterocycles. The first kappa shape index (κ1) is 15.0. The molecule has 0 spiro atoms. The van der Waals surface area contributed by atoms with E-state index in [1.165, 1.54) is 45.5 Å². The third kappa shape index (κ3) is 3.18. The van der Waals surface area contributed by atoms with E-state index < -0.39 is 0 Å². The molecule has 0 aromatic carbocycles. The lowest BCUT2D eigenvalue weighted by Crippen LogP contribution is -2.41. The van der Waals surface area contributed by atoms with Gasteiger partial charge in [-0.15, -0.1) is 11.3 Å². The van der Waals surface area contributed by atoms with E-state index in [4.69, 9.17) is 5.73 Å². The topological polar surface area (TPSA) is 29.3 Å². The zero-order chi connectivity index (χ0) is 13.1. The number of rotatable bonds is 4. The van der Waals surface area contributed by atoms with Gasteiger partial charge in [0.2, 0.25) is 0 Å². The number of nitrogens with zero attached hydrogens (tertiary/aromatic N) is 1. The molecule has 2 atom stereocenters. The van der Waals surface area contributed by atoms with Crippen LogP contribution in [0.5, 0.6) is 0 Å². The van der Waals surface area contributed by atoms with Gasteiger partial charge in [-0.3, -0.25) is 4.90 Å². The highest BCUT2D eigenvalue weighted by Crippen LogP contribution is 2.43. The Morgan fingerprint density at radius 2 is 2.28 bits per heavy atom. The summed E-state index contributed by atoms with van der Waals surface area (Å²) in [6.07, 6.45) is 3.75. The highest BCUT2D eigenvalue weighted by molar-refractivity contribution is 9.13. The van der Waals surface area contributed by atoms with Crippen molar-refractivity contribution in [3.63, 3.8) is 0 Å². The lowest BCUT2D eigenvalue weighted by atomic mass is 9.88. The predicted molar refractivity (Wildman–Crippen MR) is 86.1 cm³/mol. The van der Waals surface area contributed by atoms with Gasteiger partial charge >= 0.3 is 0 Å². The second-order valence-electron chi connectivity index (χ2n) is 4.89. The summed E-state index contributed by atoms with van der Waals surface area (Å²) in [7, 11) is 0. The fraction of sp³-hybridized carbons (Fsp3) is 0.692. The summed E-state index contributed by atoms with van der Waals surface area (Å²) in [6.45, 7) is 5.43. The molecule has 2 N–H and O–H groups in total. The summed E-state index contributed by atoms with van der Waals surface area (Å²) in [6, 6.07) is 2.77. The maximum atomic E-state index is 5.99. The van der Waals surface area contributed by atoms with Gasteiger partial charge in [0, 0.05) is 15.4 Å². The van der Waals surface area contributed by atoms with Gasteiger partial charge in [0.1, 0.15) is 0 Å². The highest BCUT2D eigenvalue weighted by atomic mass is 79.9. The van der Waals surface area contributed by atoms with E-state index in [2.05, 4.69) is 49.7 Å². The maximum Gasteiger partial charge on any atom is 0.0843 e. The largest absolute Gasteiger partial charge is 0.330 e. The quantitative estimate of drug-likeness (QED) is 0.818. The summed E-state index contributed by atoms with van der Waals surface area (Å²) in [5.74, 6) is 0.600. The first-order chi connectivity index (χ1) is 8.67. The molecule has 0 bridgehead atoms. The van der Waals surface area contributed by atoms with Crippen LogP contribution in [0.15, 0.2) is 14.3 Å². The number of hydrogen-bond acceptors (Lipinski definition) is 3. The van der Waals surface area contributed by atoms with E-state index in [0.29, 0.717) is 12.0 Å². The minimum Gasteiger partial charge on any atom is -0.330 e. The Labute approximate surface area is 130 Å². The van der Waals surface area contributed by atoms with Crippen molar-refractivity contribution in [3.05, 3.63) is 19.2 Å². The fourth-order valence-electron chi connectivity index (χ4n) is 2.86. The van der Waals surface area contributed by atoms with E-state index in [1.54, 1.807) is 0 Å². The summed E-state index contributed by atoms with van der Waals surface area (Å²) in [4.78, 5) is 4.06. The standard InChI is InChI=1S/C13H20Br2N2S/c1-2-5-17-6-3-4-9(8-16)12(17)11-7-10(14)13(15)18-11/h7,9,12H,2-6,8,16H2,1H3. The van der Waals surface area contributed by atoms with Crippen LogP contribution in [0.4, 0.5) is 0 Å². The second-order valence-corrected chi connectivity index (χ2v) is 8.15. The van der Waals surface area contributed by atoms with Crippen LogP contribution in [0.3, 0.4) is 0 Å². The number of piperidine rings is 1. The Balaban J connectivity index is 2.27. The van der Waals surface area contributed by atoms with Crippen LogP contribution in [-0.4, -0.2) is 24.5 Å². The van der Waals surface area contributed by atoms with Crippen molar-refractivity contribution < 1.29 is 0 Å². The Morgan fingerprint density at radius 3 is 2.83 bits per heavy atom. The number of hydrogen-bond donors (Lipinski definition) is 1. The average molecular weight is 396 g/mol. The van der Waals surface area contributed by atoms with Crippen LogP contribution in [0, 0.1) is 5.92 Å². The molecule has 102 valence electrons. The van der Waals surface area contributed by atoms with Gasteiger partial charge in [-0.1, -0.05) is 6.92 Å². The molecule has 2 rings (SSSR count). The molecule has 2 unspecified atom stereocenters. The molecule has 0 amide bonds. The van der Waals surface area contributed by atoms with Gasteiger partial charge in [-0.25, -0.2) is 0 Å². The lowest BCUT2D eigenvalue weighted by Gasteiger charge is -2.40. The Bertz CT molecular complexity index is 373. The number of halogens is 2. The Kier molecular flexibility index (Phi) is 5.69. The molecule has 0 saturated carbocycles. The van der Waals surface area contributed by atoms with Crippen molar-refractivity contribution in [1.29, 1.82) is 0 Å². The van der Waals surface area contributed by atoms with Gasteiger partial charge in [0.05, 0.1) is 3.79 Å². The van der Waals surface area contributed by atoms with Crippen molar-refractivity contribution in [2.24, 2.45) is 11.7 Å². The highest BCUT2D eigenvalue weighted by Gasteiger charge is 2.32. The SMILES string of the molecule is CCCN1CCCC(CN)C1c1cc(Br)c(Br)s1. The molecule has 1 saturated heterocycles. The van der Waals surface area contributed by atoms with E-state index >= 15 is 0 Å².